The number of nitrogens with two attached hydrogens (primary N) is 1. The van der Waals surface area contributed by atoms with E-state index in [2.05, 4.69) is 17.0 Å². The van der Waals surface area contributed by atoms with Crippen molar-refractivity contribution in [3.05, 3.63) is 94.1 Å². The first-order valence-electron chi connectivity index (χ1n) is 12.9. The Hall–Kier alpha value is -3.22. The van der Waals surface area contributed by atoms with Gasteiger partial charge in [0.05, 0.1) is 11.6 Å². The van der Waals surface area contributed by atoms with Crippen LogP contribution in [0.3, 0.4) is 0 Å². The van der Waals surface area contributed by atoms with Crippen LogP contribution in [0.2, 0.25) is 0 Å². The van der Waals surface area contributed by atoms with Crippen molar-refractivity contribution in [2.75, 3.05) is 32.0 Å². The quantitative estimate of drug-likeness (QED) is 0.242. The molecule has 2 fully saturated rings. The number of alkyl halides is 1. The van der Waals surface area contributed by atoms with Crippen molar-refractivity contribution in [3.8, 4) is 11.5 Å². The van der Waals surface area contributed by atoms with E-state index in [1.807, 2.05) is 42.5 Å². The van der Waals surface area contributed by atoms with Gasteiger partial charge in [0.15, 0.2) is 5.75 Å². The van der Waals surface area contributed by atoms with E-state index in [9.17, 15) is 8.78 Å². The minimum absolute atomic E-state index is 0.214. The third kappa shape index (κ3) is 5.00. The minimum Gasteiger partial charge on any atom is -0.455 e. The first kappa shape index (κ1) is 24.1. The number of hydrogen-bond donors (Lipinski definition) is 1. The van der Waals surface area contributed by atoms with Crippen LogP contribution in [0, 0.1) is 11.7 Å². The summed E-state index contributed by atoms with van der Waals surface area (Å²) < 4.78 is 34.1. The van der Waals surface area contributed by atoms with Crippen LogP contribution in [-0.2, 0) is 6.42 Å². The Bertz CT molecular complexity index is 1430. The first-order chi connectivity index (χ1) is 18.1. The van der Waals surface area contributed by atoms with Crippen molar-refractivity contribution in [1.82, 2.24) is 4.90 Å². The molecule has 0 radical (unpaired) electrons. The summed E-state index contributed by atoms with van der Waals surface area (Å²) in [7, 11) is 0. The fourth-order valence-electron chi connectivity index (χ4n) is 5.16. The maximum atomic E-state index is 13.7. The Kier molecular flexibility index (Phi) is 6.70. The highest BCUT2D eigenvalue weighted by atomic mass is 32.1. The molecule has 0 spiro atoms. The number of anilines is 1. The van der Waals surface area contributed by atoms with Crippen molar-refractivity contribution in [3.63, 3.8) is 0 Å². The number of halogens is 2. The molecule has 1 aliphatic carbocycles. The SMILES string of the molecule is Nc1ccc2c(Oc3ccc(CCN4CC(CF)C4)cc3)c(C(=C3CCC3)c3ccc(F)cc3)sc2c1. The van der Waals surface area contributed by atoms with Gasteiger partial charge in [0.2, 0.25) is 0 Å². The molecule has 1 saturated carbocycles. The van der Waals surface area contributed by atoms with Crippen molar-refractivity contribution >= 4 is 32.7 Å². The molecule has 37 heavy (non-hydrogen) atoms. The van der Waals surface area contributed by atoms with E-state index < -0.39 is 0 Å². The average molecular weight is 517 g/mol. The zero-order valence-corrected chi connectivity index (χ0v) is 21.5. The molecule has 0 unspecified atom stereocenters. The number of nitrogen functional groups attached to an aromatic ring is 1. The van der Waals surface area contributed by atoms with Gasteiger partial charge in [0.25, 0.3) is 0 Å². The molecular weight excluding hydrogens is 486 g/mol. The van der Waals surface area contributed by atoms with Crippen LogP contribution >= 0.6 is 11.3 Å². The van der Waals surface area contributed by atoms with E-state index in [4.69, 9.17) is 10.5 Å². The molecule has 1 aliphatic heterocycles. The summed E-state index contributed by atoms with van der Waals surface area (Å²) in [6.45, 7) is 2.46. The molecule has 2 N–H and O–H groups in total. The number of benzene rings is 3. The van der Waals surface area contributed by atoms with Crippen LogP contribution in [0.25, 0.3) is 15.7 Å². The largest absolute Gasteiger partial charge is 0.455 e. The van der Waals surface area contributed by atoms with Crippen LogP contribution in [0.4, 0.5) is 14.5 Å². The summed E-state index contributed by atoms with van der Waals surface area (Å²) in [5.41, 5.74) is 11.6. The molecule has 6 rings (SSSR count). The zero-order valence-electron chi connectivity index (χ0n) is 20.7. The number of nitrogens with zero attached hydrogens (tertiary/aromatic N) is 1. The highest BCUT2D eigenvalue weighted by Crippen LogP contribution is 2.49. The molecule has 2 aliphatic rings. The van der Waals surface area contributed by atoms with Gasteiger partial charge in [-0.15, -0.1) is 11.3 Å². The van der Waals surface area contributed by atoms with Crippen LogP contribution in [0.15, 0.2) is 72.3 Å². The molecule has 3 aromatic carbocycles. The van der Waals surface area contributed by atoms with Gasteiger partial charge in [-0.05, 0) is 79.3 Å². The molecule has 6 heteroatoms. The predicted molar refractivity (Wildman–Crippen MR) is 149 cm³/mol. The maximum Gasteiger partial charge on any atom is 0.153 e. The summed E-state index contributed by atoms with van der Waals surface area (Å²) in [5, 5.41) is 1.03. The lowest BCUT2D eigenvalue weighted by Crippen LogP contribution is -2.48. The van der Waals surface area contributed by atoms with Crippen LogP contribution in [0.1, 0.15) is 35.3 Å². The number of likely N-dealkylation sites (tertiary alicyclic amines) is 1. The molecule has 2 heterocycles. The first-order valence-corrected chi connectivity index (χ1v) is 13.7. The smallest absolute Gasteiger partial charge is 0.153 e. The zero-order chi connectivity index (χ0) is 25.4. The molecule has 190 valence electrons. The number of hydrogen-bond acceptors (Lipinski definition) is 4. The summed E-state index contributed by atoms with van der Waals surface area (Å²) in [6, 6.07) is 21.0. The number of ether oxygens (including phenoxy) is 1. The van der Waals surface area contributed by atoms with Gasteiger partial charge in [-0.1, -0.05) is 29.8 Å². The lowest BCUT2D eigenvalue weighted by atomic mass is 9.84. The van der Waals surface area contributed by atoms with Gasteiger partial charge in [-0.3, -0.25) is 4.39 Å². The van der Waals surface area contributed by atoms with Gasteiger partial charge in [0.1, 0.15) is 11.6 Å². The Labute approximate surface area is 220 Å². The number of fused-ring (bicyclic) bond motifs is 1. The molecule has 3 nitrogen and oxygen atoms in total. The standard InChI is InChI=1S/C31H30F2N2OS/c32-17-21-18-35(19-21)15-14-20-4-11-26(12-5-20)36-30-27-13-10-25(34)16-28(27)37-31(30)29(22-2-1-3-22)23-6-8-24(33)9-7-23/h4-13,16,21H,1-3,14-15,17-19,34H2. The predicted octanol–water partition coefficient (Wildman–Crippen LogP) is 7.84. The highest BCUT2D eigenvalue weighted by molar-refractivity contribution is 7.20. The van der Waals surface area contributed by atoms with Crippen molar-refractivity contribution in [2.24, 2.45) is 5.92 Å². The van der Waals surface area contributed by atoms with E-state index in [1.54, 1.807) is 11.3 Å². The van der Waals surface area contributed by atoms with Gasteiger partial charge < -0.3 is 15.4 Å². The second-order valence-corrected chi connectivity index (χ2v) is 11.2. The van der Waals surface area contributed by atoms with Gasteiger partial charge in [0, 0.05) is 46.9 Å². The van der Waals surface area contributed by atoms with Crippen LogP contribution in [-0.4, -0.2) is 31.2 Å². The third-order valence-corrected chi connectivity index (χ3v) is 8.60. The molecule has 0 atom stereocenters. The Morgan fingerprint density at radius 1 is 1.00 bits per heavy atom. The van der Waals surface area contributed by atoms with Crippen molar-refractivity contribution in [1.29, 1.82) is 0 Å². The highest BCUT2D eigenvalue weighted by Gasteiger charge is 2.26. The topological polar surface area (TPSA) is 38.5 Å². The second kappa shape index (κ2) is 10.3. The van der Waals surface area contributed by atoms with E-state index in [-0.39, 0.29) is 18.4 Å². The van der Waals surface area contributed by atoms with E-state index in [0.29, 0.717) is 0 Å². The maximum absolute atomic E-state index is 13.7. The minimum atomic E-state index is -0.237. The number of allylic oxidation sites excluding steroid dienone is 1. The molecule has 4 aromatic rings. The Morgan fingerprint density at radius 3 is 2.43 bits per heavy atom. The molecule has 0 amide bonds. The number of thiophene rings is 1. The van der Waals surface area contributed by atoms with Crippen molar-refractivity contribution < 1.29 is 13.5 Å². The normalized spacial score (nSPS) is 16.0. The summed E-state index contributed by atoms with van der Waals surface area (Å²) in [5.74, 6) is 1.58. The molecule has 1 aromatic heterocycles. The van der Waals surface area contributed by atoms with Crippen LogP contribution < -0.4 is 10.5 Å². The molecular formula is C31H30F2N2OS. The average Bonchev–Trinajstić information content (AvgIpc) is 3.19. The second-order valence-electron chi connectivity index (χ2n) is 10.1. The summed E-state index contributed by atoms with van der Waals surface area (Å²) in [4.78, 5) is 3.36. The fourth-order valence-corrected chi connectivity index (χ4v) is 6.45. The third-order valence-electron chi connectivity index (χ3n) is 7.45. The van der Waals surface area contributed by atoms with Crippen LogP contribution in [0.5, 0.6) is 11.5 Å². The fraction of sp³-hybridized carbons (Fsp3) is 0.290. The van der Waals surface area contributed by atoms with Crippen molar-refractivity contribution in [2.45, 2.75) is 25.7 Å². The summed E-state index contributed by atoms with van der Waals surface area (Å²) >= 11 is 1.68. The molecule has 0 bridgehead atoms. The van der Waals surface area contributed by atoms with E-state index in [1.165, 1.54) is 29.7 Å². The monoisotopic (exact) mass is 516 g/mol. The lowest BCUT2D eigenvalue weighted by molar-refractivity contribution is 0.0824. The van der Waals surface area contributed by atoms with E-state index >= 15 is 0 Å². The van der Waals surface area contributed by atoms with Gasteiger partial charge in [-0.25, -0.2) is 4.39 Å². The Balaban J connectivity index is 1.31. The van der Waals surface area contributed by atoms with E-state index in [0.717, 1.165) is 82.2 Å². The summed E-state index contributed by atoms with van der Waals surface area (Å²) in [6.07, 6.45) is 4.19. The lowest BCUT2D eigenvalue weighted by Gasteiger charge is -2.37. The molecule has 1 saturated heterocycles. The number of rotatable bonds is 8. The van der Waals surface area contributed by atoms with Gasteiger partial charge in [-0.2, -0.15) is 0 Å². The Morgan fingerprint density at radius 2 is 1.76 bits per heavy atom. The van der Waals surface area contributed by atoms with Gasteiger partial charge >= 0.3 is 0 Å².